The summed E-state index contributed by atoms with van der Waals surface area (Å²) in [7, 11) is 0. The maximum absolute atomic E-state index is 10.6. The van der Waals surface area contributed by atoms with Gasteiger partial charge in [0.2, 0.25) is 0 Å². The van der Waals surface area contributed by atoms with Crippen LogP contribution in [0.2, 0.25) is 0 Å². The average molecular weight is 182 g/mol. The Labute approximate surface area is 74.7 Å². The maximum Gasteiger partial charge on any atom is 0.186 e. The number of carbonyl (C=O) groups is 2. The van der Waals surface area contributed by atoms with Crippen LogP contribution in [0.15, 0.2) is 4.42 Å². The Balaban J connectivity index is 3.33. The van der Waals surface area contributed by atoms with Crippen molar-refractivity contribution >= 4 is 12.6 Å². The number of rotatable bonds is 4. The van der Waals surface area contributed by atoms with Gasteiger partial charge in [-0.2, -0.15) is 0 Å². The zero-order valence-electron chi connectivity index (χ0n) is 6.95. The lowest BCUT2D eigenvalue weighted by atomic mass is 10.1. The van der Waals surface area contributed by atoms with Crippen LogP contribution in [0.25, 0.3) is 0 Å². The Morgan fingerprint density at radius 1 is 1.15 bits per heavy atom. The fourth-order valence-electron chi connectivity index (χ4n) is 1.15. The second-order valence-electron chi connectivity index (χ2n) is 2.43. The summed E-state index contributed by atoms with van der Waals surface area (Å²) in [5, 5.41) is 0. The first-order valence-corrected chi connectivity index (χ1v) is 3.73. The van der Waals surface area contributed by atoms with E-state index in [-0.39, 0.29) is 24.4 Å². The smallest absolute Gasteiger partial charge is 0.186 e. The van der Waals surface area contributed by atoms with Gasteiger partial charge >= 0.3 is 0 Å². The van der Waals surface area contributed by atoms with E-state index < -0.39 is 0 Å². The third-order valence-corrected chi connectivity index (χ3v) is 1.77. The van der Waals surface area contributed by atoms with E-state index in [0.29, 0.717) is 23.9 Å². The van der Waals surface area contributed by atoms with Crippen LogP contribution in [0, 0.1) is 0 Å². The van der Waals surface area contributed by atoms with Gasteiger partial charge in [-0.3, -0.25) is 9.59 Å². The molecule has 1 aromatic rings. The molecular formula is C8H10N2O3. The van der Waals surface area contributed by atoms with Crippen LogP contribution in [-0.2, 0) is 13.1 Å². The number of aldehydes is 2. The highest BCUT2D eigenvalue weighted by molar-refractivity contribution is 5.89. The lowest BCUT2D eigenvalue weighted by Gasteiger charge is -1.94. The zero-order chi connectivity index (χ0) is 9.84. The van der Waals surface area contributed by atoms with E-state index in [0.717, 1.165) is 0 Å². The maximum atomic E-state index is 10.6. The molecule has 0 fully saturated rings. The van der Waals surface area contributed by atoms with Gasteiger partial charge < -0.3 is 15.9 Å². The quantitative estimate of drug-likeness (QED) is 0.629. The van der Waals surface area contributed by atoms with E-state index in [1.165, 1.54) is 0 Å². The fraction of sp³-hybridized carbons (Fsp3) is 0.250. The van der Waals surface area contributed by atoms with Gasteiger partial charge in [0, 0.05) is 12.1 Å². The molecule has 0 radical (unpaired) electrons. The molecule has 0 spiro atoms. The standard InChI is InChI=1S/C8H10N2O3/c9-1-5-6(3-11)8(4-12)13-7(5)2-10/h3-4H,1-2,9-10H2. The number of hydrogen-bond donors (Lipinski definition) is 2. The van der Waals surface area contributed by atoms with Gasteiger partial charge in [-0.1, -0.05) is 0 Å². The van der Waals surface area contributed by atoms with Crippen LogP contribution in [0.1, 0.15) is 32.2 Å². The zero-order valence-corrected chi connectivity index (χ0v) is 6.95. The van der Waals surface area contributed by atoms with Crippen molar-refractivity contribution in [1.29, 1.82) is 0 Å². The monoisotopic (exact) mass is 182 g/mol. The second-order valence-corrected chi connectivity index (χ2v) is 2.43. The molecule has 0 aliphatic carbocycles. The van der Waals surface area contributed by atoms with Crippen LogP contribution in [0.4, 0.5) is 0 Å². The Morgan fingerprint density at radius 3 is 2.23 bits per heavy atom. The molecule has 5 nitrogen and oxygen atoms in total. The lowest BCUT2D eigenvalue weighted by molar-refractivity contribution is 0.107. The SMILES string of the molecule is NCc1oc(C=O)c(C=O)c1CN. The molecule has 1 heterocycles. The predicted molar refractivity (Wildman–Crippen MR) is 45.3 cm³/mol. The van der Waals surface area contributed by atoms with Crippen molar-refractivity contribution < 1.29 is 14.0 Å². The molecule has 70 valence electrons. The van der Waals surface area contributed by atoms with Gasteiger partial charge in [-0.25, -0.2) is 0 Å². The third-order valence-electron chi connectivity index (χ3n) is 1.77. The fourth-order valence-corrected chi connectivity index (χ4v) is 1.15. The summed E-state index contributed by atoms with van der Waals surface area (Å²) in [6, 6.07) is 0. The molecule has 0 atom stereocenters. The van der Waals surface area contributed by atoms with Gasteiger partial charge in [-0.15, -0.1) is 0 Å². The third kappa shape index (κ3) is 1.51. The second kappa shape index (κ2) is 3.97. The first-order chi connectivity index (χ1) is 6.28. The minimum atomic E-state index is -0.00380. The summed E-state index contributed by atoms with van der Waals surface area (Å²) in [4.78, 5) is 21.0. The van der Waals surface area contributed by atoms with Crippen molar-refractivity contribution in [2.75, 3.05) is 0 Å². The Hall–Kier alpha value is -1.46. The Morgan fingerprint density at radius 2 is 1.85 bits per heavy atom. The van der Waals surface area contributed by atoms with Crippen LogP contribution in [0.3, 0.4) is 0 Å². The van der Waals surface area contributed by atoms with Crippen molar-refractivity contribution in [3.05, 3.63) is 22.6 Å². The molecule has 0 aliphatic heterocycles. The van der Waals surface area contributed by atoms with E-state index in [1.807, 2.05) is 0 Å². The summed E-state index contributed by atoms with van der Waals surface area (Å²) in [6.45, 7) is 0.263. The molecule has 1 rings (SSSR count). The van der Waals surface area contributed by atoms with Crippen molar-refractivity contribution in [3.8, 4) is 0 Å². The van der Waals surface area contributed by atoms with Crippen molar-refractivity contribution in [1.82, 2.24) is 0 Å². The van der Waals surface area contributed by atoms with Crippen molar-refractivity contribution in [2.24, 2.45) is 11.5 Å². The van der Waals surface area contributed by atoms with E-state index in [9.17, 15) is 9.59 Å². The van der Waals surface area contributed by atoms with E-state index in [1.54, 1.807) is 0 Å². The van der Waals surface area contributed by atoms with Gasteiger partial charge in [0.1, 0.15) is 5.76 Å². The van der Waals surface area contributed by atoms with Crippen LogP contribution < -0.4 is 11.5 Å². The normalized spacial score (nSPS) is 10.0. The molecule has 0 saturated carbocycles. The van der Waals surface area contributed by atoms with Crippen LogP contribution in [0.5, 0.6) is 0 Å². The lowest BCUT2D eigenvalue weighted by Crippen LogP contribution is -2.05. The number of nitrogens with two attached hydrogens (primary N) is 2. The van der Waals surface area contributed by atoms with Crippen molar-refractivity contribution in [2.45, 2.75) is 13.1 Å². The summed E-state index contributed by atoms with van der Waals surface area (Å²) >= 11 is 0. The molecular weight excluding hydrogens is 172 g/mol. The van der Waals surface area contributed by atoms with Crippen molar-refractivity contribution in [3.63, 3.8) is 0 Å². The molecule has 4 N–H and O–H groups in total. The molecule has 0 aromatic carbocycles. The highest BCUT2D eigenvalue weighted by Crippen LogP contribution is 2.19. The van der Waals surface area contributed by atoms with Gasteiger partial charge in [0.25, 0.3) is 0 Å². The molecule has 0 saturated heterocycles. The molecule has 0 bridgehead atoms. The largest absolute Gasteiger partial charge is 0.456 e. The van der Waals surface area contributed by atoms with E-state index >= 15 is 0 Å². The van der Waals surface area contributed by atoms with Gasteiger partial charge in [0.15, 0.2) is 18.3 Å². The molecule has 5 heteroatoms. The Bertz CT molecular complexity index is 330. The Kier molecular flexibility index (Phi) is 2.94. The summed E-state index contributed by atoms with van der Waals surface area (Å²) in [5.41, 5.74) is 11.4. The minimum Gasteiger partial charge on any atom is -0.456 e. The van der Waals surface area contributed by atoms with E-state index in [4.69, 9.17) is 15.9 Å². The number of hydrogen-bond acceptors (Lipinski definition) is 5. The first-order valence-electron chi connectivity index (χ1n) is 3.73. The highest BCUT2D eigenvalue weighted by atomic mass is 16.3. The minimum absolute atomic E-state index is 0.00380. The molecule has 13 heavy (non-hydrogen) atoms. The molecule has 0 amide bonds. The van der Waals surface area contributed by atoms with Gasteiger partial charge in [-0.05, 0) is 0 Å². The van der Waals surface area contributed by atoms with Crippen LogP contribution >= 0.6 is 0 Å². The summed E-state index contributed by atoms with van der Waals surface area (Å²) < 4.78 is 5.02. The molecule has 1 aromatic heterocycles. The first kappa shape index (κ1) is 9.63. The molecule has 0 unspecified atom stereocenters. The van der Waals surface area contributed by atoms with Gasteiger partial charge in [0.05, 0.1) is 12.1 Å². The number of furan rings is 1. The topological polar surface area (TPSA) is 99.3 Å². The molecule has 0 aliphatic rings. The summed E-state index contributed by atoms with van der Waals surface area (Å²) in [5.74, 6) is 0.391. The number of carbonyl (C=O) groups excluding carboxylic acids is 2. The van der Waals surface area contributed by atoms with Crippen LogP contribution in [-0.4, -0.2) is 12.6 Å². The van der Waals surface area contributed by atoms with E-state index in [2.05, 4.69) is 0 Å². The predicted octanol–water partition coefficient (Wildman–Crippen LogP) is -0.178. The summed E-state index contributed by atoms with van der Waals surface area (Å²) in [6.07, 6.45) is 1.02. The average Bonchev–Trinajstić information content (AvgIpc) is 2.54. The highest BCUT2D eigenvalue weighted by Gasteiger charge is 2.16.